The number of halogens is 1. The van der Waals surface area contributed by atoms with Crippen LogP contribution in [0, 0.1) is 11.7 Å². The third kappa shape index (κ3) is 5.89. The third-order valence-electron chi connectivity index (χ3n) is 2.78. The molecule has 0 aromatic heterocycles. The fourth-order valence-corrected chi connectivity index (χ4v) is 1.71. The van der Waals surface area contributed by atoms with E-state index in [0.717, 1.165) is 0 Å². The Morgan fingerprint density at radius 2 is 2.14 bits per heavy atom. The molecule has 0 spiro atoms. The van der Waals surface area contributed by atoms with Gasteiger partial charge >= 0.3 is 0 Å². The van der Waals surface area contributed by atoms with Crippen molar-refractivity contribution in [3.05, 3.63) is 17.9 Å². The van der Waals surface area contributed by atoms with Crippen LogP contribution in [0.5, 0.6) is 5.75 Å². The van der Waals surface area contributed by atoms with Gasteiger partial charge in [0, 0.05) is 31.6 Å². The molecule has 4 N–H and O–H groups in total. The largest absolute Gasteiger partial charge is 0.491 e. The first-order chi connectivity index (χ1) is 9.93. The molecule has 6 heteroatoms. The molecule has 0 atom stereocenters. The van der Waals surface area contributed by atoms with E-state index < -0.39 is 5.82 Å². The molecule has 1 rings (SSSR count). The maximum atomic E-state index is 13.5. The van der Waals surface area contributed by atoms with Crippen molar-refractivity contribution < 1.29 is 13.9 Å². The van der Waals surface area contributed by atoms with Gasteiger partial charge in [-0.05, 0) is 12.8 Å². The first kappa shape index (κ1) is 17.1. The number of nitrogen functional groups attached to an aromatic ring is 1. The van der Waals surface area contributed by atoms with E-state index in [4.69, 9.17) is 10.5 Å². The normalized spacial score (nSPS) is 10.5. The number of hydrogen-bond donors (Lipinski definition) is 3. The molecule has 1 aromatic rings. The van der Waals surface area contributed by atoms with Crippen molar-refractivity contribution in [2.24, 2.45) is 5.92 Å². The van der Waals surface area contributed by atoms with E-state index in [2.05, 4.69) is 10.6 Å². The molecule has 0 heterocycles. The lowest BCUT2D eigenvalue weighted by atomic mass is 10.2. The van der Waals surface area contributed by atoms with Crippen LogP contribution in [0.1, 0.15) is 27.2 Å². The summed E-state index contributed by atoms with van der Waals surface area (Å²) >= 11 is 0. The Balaban J connectivity index is 2.51. The van der Waals surface area contributed by atoms with Gasteiger partial charge in [-0.2, -0.15) is 0 Å². The lowest BCUT2D eigenvalue weighted by molar-refractivity contribution is -0.120. The predicted octanol–water partition coefficient (Wildman–Crippen LogP) is 2.38. The van der Waals surface area contributed by atoms with Gasteiger partial charge in [0.25, 0.3) is 0 Å². The Labute approximate surface area is 125 Å². The molecule has 5 nitrogen and oxygen atoms in total. The van der Waals surface area contributed by atoms with Gasteiger partial charge < -0.3 is 21.1 Å². The number of carbonyl (C=O) groups is 1. The molecule has 1 aromatic carbocycles. The molecule has 0 fully saturated rings. The average Bonchev–Trinajstić information content (AvgIpc) is 2.41. The first-order valence-electron chi connectivity index (χ1n) is 7.16. The number of amides is 1. The second-order valence-electron chi connectivity index (χ2n) is 5.18. The van der Waals surface area contributed by atoms with E-state index >= 15 is 0 Å². The van der Waals surface area contributed by atoms with Crippen molar-refractivity contribution in [1.82, 2.24) is 5.32 Å². The van der Waals surface area contributed by atoms with Crippen LogP contribution >= 0.6 is 0 Å². The van der Waals surface area contributed by atoms with E-state index in [1.54, 1.807) is 6.92 Å². The highest BCUT2D eigenvalue weighted by Gasteiger charge is 2.09. The molecular weight excluding hydrogens is 273 g/mol. The third-order valence-corrected chi connectivity index (χ3v) is 2.78. The van der Waals surface area contributed by atoms with Crippen LogP contribution in [-0.4, -0.2) is 25.6 Å². The van der Waals surface area contributed by atoms with Crippen LogP contribution in [0.15, 0.2) is 12.1 Å². The summed E-state index contributed by atoms with van der Waals surface area (Å²) in [5.41, 5.74) is 6.60. The van der Waals surface area contributed by atoms with Crippen molar-refractivity contribution in [2.45, 2.75) is 27.2 Å². The second kappa shape index (κ2) is 8.34. The van der Waals surface area contributed by atoms with Gasteiger partial charge in [0.2, 0.25) is 5.91 Å². The summed E-state index contributed by atoms with van der Waals surface area (Å²) in [6, 6.07) is 2.73. The van der Waals surface area contributed by atoms with Crippen molar-refractivity contribution >= 4 is 17.3 Å². The number of nitrogens with one attached hydrogen (secondary N) is 2. The molecular formula is C15H24FN3O2. The Morgan fingerprint density at radius 1 is 1.43 bits per heavy atom. The second-order valence-corrected chi connectivity index (χ2v) is 5.18. The van der Waals surface area contributed by atoms with Gasteiger partial charge in [0.1, 0.15) is 0 Å². The van der Waals surface area contributed by atoms with Crippen LogP contribution in [0.2, 0.25) is 0 Å². The number of hydrogen-bond acceptors (Lipinski definition) is 4. The number of benzene rings is 1. The average molecular weight is 297 g/mol. The number of ether oxygens (including phenoxy) is 1. The van der Waals surface area contributed by atoms with Gasteiger partial charge in [0.05, 0.1) is 18.0 Å². The quantitative estimate of drug-likeness (QED) is 0.644. The minimum absolute atomic E-state index is 0.0260. The zero-order valence-electron chi connectivity index (χ0n) is 12.8. The Bertz CT molecular complexity index is 478. The highest BCUT2D eigenvalue weighted by molar-refractivity contribution is 5.77. The molecule has 0 saturated carbocycles. The predicted molar refractivity (Wildman–Crippen MR) is 82.9 cm³/mol. The van der Waals surface area contributed by atoms with Crippen molar-refractivity contribution in [1.29, 1.82) is 0 Å². The van der Waals surface area contributed by atoms with Gasteiger partial charge in [-0.3, -0.25) is 4.79 Å². The van der Waals surface area contributed by atoms with E-state index in [1.807, 2.05) is 13.8 Å². The fourth-order valence-electron chi connectivity index (χ4n) is 1.71. The monoisotopic (exact) mass is 297 g/mol. The molecule has 0 aliphatic carbocycles. The van der Waals surface area contributed by atoms with Crippen LogP contribution in [0.25, 0.3) is 0 Å². The minimum atomic E-state index is -0.491. The molecule has 0 aliphatic rings. The van der Waals surface area contributed by atoms with E-state index in [0.29, 0.717) is 43.4 Å². The SMILES string of the molecule is CCOc1cc(NCCC(=O)NCC(C)C)c(N)cc1F. The standard InChI is InChI=1S/C15H24FN3O2/c1-4-21-14-8-13(12(17)7-11(14)16)18-6-5-15(20)19-9-10(2)3/h7-8,10,18H,4-6,9,17H2,1-3H3,(H,19,20). The molecule has 21 heavy (non-hydrogen) atoms. The van der Waals surface area contributed by atoms with Gasteiger partial charge in [-0.1, -0.05) is 13.8 Å². The summed E-state index contributed by atoms with van der Waals surface area (Å²) in [5.74, 6) is 0.0540. The zero-order valence-corrected chi connectivity index (χ0v) is 12.8. The fraction of sp³-hybridized carbons (Fsp3) is 0.533. The van der Waals surface area contributed by atoms with Crippen molar-refractivity contribution in [3.63, 3.8) is 0 Å². The summed E-state index contributed by atoms with van der Waals surface area (Å²) in [5, 5.41) is 5.85. The molecule has 0 aliphatic heterocycles. The van der Waals surface area contributed by atoms with E-state index in [9.17, 15) is 9.18 Å². The lowest BCUT2D eigenvalue weighted by Gasteiger charge is -2.13. The van der Waals surface area contributed by atoms with Crippen molar-refractivity contribution in [3.8, 4) is 5.75 Å². The topological polar surface area (TPSA) is 76.4 Å². The lowest BCUT2D eigenvalue weighted by Crippen LogP contribution is -2.28. The number of nitrogens with two attached hydrogens (primary N) is 1. The summed E-state index contributed by atoms with van der Waals surface area (Å²) < 4.78 is 18.7. The maximum absolute atomic E-state index is 13.5. The Morgan fingerprint density at radius 3 is 2.76 bits per heavy atom. The van der Waals surface area contributed by atoms with Crippen LogP contribution in [0.4, 0.5) is 15.8 Å². The molecule has 0 saturated heterocycles. The Hall–Kier alpha value is -1.98. The minimum Gasteiger partial charge on any atom is -0.491 e. The maximum Gasteiger partial charge on any atom is 0.221 e. The van der Waals surface area contributed by atoms with Gasteiger partial charge in [0.15, 0.2) is 11.6 Å². The Kier molecular flexibility index (Phi) is 6.78. The number of anilines is 2. The molecule has 118 valence electrons. The first-order valence-corrected chi connectivity index (χ1v) is 7.16. The van der Waals surface area contributed by atoms with E-state index in [-0.39, 0.29) is 11.7 Å². The summed E-state index contributed by atoms with van der Waals surface area (Å²) in [6.45, 7) is 7.30. The van der Waals surface area contributed by atoms with Crippen LogP contribution in [-0.2, 0) is 4.79 Å². The number of rotatable bonds is 8. The molecule has 1 amide bonds. The highest BCUT2D eigenvalue weighted by Crippen LogP contribution is 2.28. The molecule has 0 unspecified atom stereocenters. The summed E-state index contributed by atoms with van der Waals surface area (Å²) in [6.07, 6.45) is 0.327. The number of carbonyl (C=O) groups excluding carboxylic acids is 1. The van der Waals surface area contributed by atoms with Crippen LogP contribution in [0.3, 0.4) is 0 Å². The summed E-state index contributed by atoms with van der Waals surface area (Å²) in [7, 11) is 0. The van der Waals surface area contributed by atoms with Gasteiger partial charge in [-0.15, -0.1) is 0 Å². The highest BCUT2D eigenvalue weighted by atomic mass is 19.1. The van der Waals surface area contributed by atoms with Crippen molar-refractivity contribution in [2.75, 3.05) is 30.7 Å². The summed E-state index contributed by atoms with van der Waals surface area (Å²) in [4.78, 5) is 11.6. The zero-order chi connectivity index (χ0) is 15.8. The molecule has 0 bridgehead atoms. The van der Waals surface area contributed by atoms with Gasteiger partial charge in [-0.25, -0.2) is 4.39 Å². The molecule has 0 radical (unpaired) electrons. The van der Waals surface area contributed by atoms with Crippen LogP contribution < -0.4 is 21.1 Å². The smallest absolute Gasteiger partial charge is 0.221 e. The van der Waals surface area contributed by atoms with E-state index in [1.165, 1.54) is 12.1 Å².